The summed E-state index contributed by atoms with van der Waals surface area (Å²) in [6.45, 7) is 4.17. The van der Waals surface area contributed by atoms with Gasteiger partial charge in [0.2, 0.25) is 5.91 Å². The van der Waals surface area contributed by atoms with Gasteiger partial charge in [0.25, 0.3) is 11.1 Å². The van der Waals surface area contributed by atoms with Crippen LogP contribution in [0.1, 0.15) is 17.0 Å². The average Bonchev–Trinajstić information content (AvgIpc) is 3.16. The average molecular weight is 399 g/mol. The van der Waals surface area contributed by atoms with Crippen molar-refractivity contribution in [3.63, 3.8) is 0 Å². The normalized spacial score (nSPS) is 10.5. The number of hydrogen-bond acceptors (Lipinski definition) is 7. The van der Waals surface area contributed by atoms with E-state index in [9.17, 15) is 4.79 Å². The minimum atomic E-state index is -0.138. The van der Waals surface area contributed by atoms with Gasteiger partial charge in [-0.05, 0) is 49.2 Å². The predicted molar refractivity (Wildman–Crippen MR) is 107 cm³/mol. The number of benzene rings is 2. The van der Waals surface area contributed by atoms with Gasteiger partial charge in [0.1, 0.15) is 11.5 Å². The molecule has 2 aromatic carbocycles. The highest BCUT2D eigenvalue weighted by atomic mass is 32.2. The third-order valence-corrected chi connectivity index (χ3v) is 4.79. The molecule has 1 N–H and O–H groups in total. The summed E-state index contributed by atoms with van der Waals surface area (Å²) in [6, 6.07) is 13.0. The van der Waals surface area contributed by atoms with Gasteiger partial charge in [-0.3, -0.25) is 4.79 Å². The molecule has 28 heavy (non-hydrogen) atoms. The summed E-state index contributed by atoms with van der Waals surface area (Å²) in [7, 11) is 1.59. The third-order valence-electron chi connectivity index (χ3n) is 3.97. The van der Waals surface area contributed by atoms with Crippen LogP contribution >= 0.6 is 11.8 Å². The second kappa shape index (κ2) is 9.27. The van der Waals surface area contributed by atoms with Crippen LogP contribution in [0.2, 0.25) is 0 Å². The van der Waals surface area contributed by atoms with E-state index < -0.39 is 0 Å². The quantitative estimate of drug-likeness (QED) is 0.573. The van der Waals surface area contributed by atoms with E-state index in [0.717, 1.165) is 11.3 Å². The Bertz CT molecular complexity index is 958. The summed E-state index contributed by atoms with van der Waals surface area (Å²) in [5, 5.41) is 11.0. The Morgan fingerprint density at radius 3 is 2.71 bits per heavy atom. The van der Waals surface area contributed by atoms with Crippen LogP contribution in [-0.4, -0.2) is 29.0 Å². The highest BCUT2D eigenvalue weighted by Gasteiger charge is 2.11. The number of anilines is 1. The molecule has 0 aliphatic rings. The zero-order valence-electron chi connectivity index (χ0n) is 15.9. The van der Waals surface area contributed by atoms with Gasteiger partial charge in [-0.25, -0.2) is 0 Å². The summed E-state index contributed by atoms with van der Waals surface area (Å²) in [5.74, 6) is 1.71. The van der Waals surface area contributed by atoms with Crippen molar-refractivity contribution in [3.8, 4) is 11.5 Å². The Labute approximate surface area is 167 Å². The molecule has 1 amide bonds. The molecule has 3 aromatic rings. The maximum Gasteiger partial charge on any atom is 0.277 e. The number of carbonyl (C=O) groups is 1. The van der Waals surface area contributed by atoms with E-state index in [1.807, 2.05) is 50.2 Å². The lowest BCUT2D eigenvalue weighted by Crippen LogP contribution is -2.14. The fourth-order valence-corrected chi connectivity index (χ4v) is 2.91. The molecule has 0 spiro atoms. The lowest BCUT2D eigenvalue weighted by Gasteiger charge is -2.06. The van der Waals surface area contributed by atoms with Crippen LogP contribution in [0.3, 0.4) is 0 Å². The summed E-state index contributed by atoms with van der Waals surface area (Å²) >= 11 is 1.18. The second-order valence-corrected chi connectivity index (χ2v) is 6.99. The van der Waals surface area contributed by atoms with Crippen LogP contribution in [0.4, 0.5) is 5.69 Å². The molecule has 0 atom stereocenters. The van der Waals surface area contributed by atoms with Crippen molar-refractivity contribution in [2.24, 2.45) is 0 Å². The first kappa shape index (κ1) is 19.8. The summed E-state index contributed by atoms with van der Waals surface area (Å²) in [6.07, 6.45) is 0. The van der Waals surface area contributed by atoms with Crippen molar-refractivity contribution in [3.05, 3.63) is 59.5 Å². The van der Waals surface area contributed by atoms with E-state index in [1.54, 1.807) is 13.2 Å². The number of aromatic nitrogens is 2. The Hall–Kier alpha value is -3.00. The topological polar surface area (TPSA) is 86.5 Å². The number of carbonyl (C=O) groups excluding carboxylic acids is 1. The molecular formula is C20H21N3O4S. The molecule has 7 nitrogen and oxygen atoms in total. The van der Waals surface area contributed by atoms with Crippen LogP contribution in [-0.2, 0) is 11.4 Å². The van der Waals surface area contributed by atoms with E-state index in [4.69, 9.17) is 13.9 Å². The van der Waals surface area contributed by atoms with Crippen molar-refractivity contribution in [1.82, 2.24) is 10.2 Å². The first-order valence-electron chi connectivity index (χ1n) is 8.62. The Morgan fingerprint density at radius 2 is 1.93 bits per heavy atom. The lowest BCUT2D eigenvalue weighted by molar-refractivity contribution is -0.113. The second-order valence-electron chi connectivity index (χ2n) is 6.07. The van der Waals surface area contributed by atoms with E-state index in [0.29, 0.717) is 22.6 Å². The van der Waals surface area contributed by atoms with Gasteiger partial charge in [0, 0.05) is 11.8 Å². The smallest absolute Gasteiger partial charge is 0.277 e. The number of aryl methyl sites for hydroxylation is 2. The molecule has 0 aliphatic carbocycles. The van der Waals surface area contributed by atoms with E-state index in [-0.39, 0.29) is 18.3 Å². The number of amides is 1. The van der Waals surface area contributed by atoms with Crippen LogP contribution in [0.5, 0.6) is 11.5 Å². The van der Waals surface area contributed by atoms with Crippen LogP contribution in [0.15, 0.2) is 52.1 Å². The molecule has 0 saturated carbocycles. The molecule has 0 saturated heterocycles. The molecule has 1 aromatic heterocycles. The maximum absolute atomic E-state index is 12.1. The van der Waals surface area contributed by atoms with Gasteiger partial charge in [0.15, 0.2) is 6.61 Å². The summed E-state index contributed by atoms with van der Waals surface area (Å²) < 4.78 is 16.3. The van der Waals surface area contributed by atoms with Crippen molar-refractivity contribution in [2.75, 3.05) is 18.2 Å². The largest absolute Gasteiger partial charge is 0.497 e. The van der Waals surface area contributed by atoms with Gasteiger partial charge < -0.3 is 19.2 Å². The number of ether oxygens (including phenoxy) is 2. The fraction of sp³-hybridized carbons (Fsp3) is 0.250. The molecule has 1 heterocycles. The third kappa shape index (κ3) is 5.50. The van der Waals surface area contributed by atoms with Gasteiger partial charge in [-0.1, -0.05) is 23.9 Å². The number of rotatable bonds is 8. The Kier molecular flexibility index (Phi) is 6.54. The van der Waals surface area contributed by atoms with E-state index >= 15 is 0 Å². The van der Waals surface area contributed by atoms with Gasteiger partial charge in [0.05, 0.1) is 12.9 Å². The van der Waals surface area contributed by atoms with Crippen LogP contribution in [0, 0.1) is 13.8 Å². The highest BCUT2D eigenvalue weighted by molar-refractivity contribution is 7.99. The van der Waals surface area contributed by atoms with Gasteiger partial charge in [-0.15, -0.1) is 10.2 Å². The van der Waals surface area contributed by atoms with Gasteiger partial charge >= 0.3 is 0 Å². The van der Waals surface area contributed by atoms with E-state index in [2.05, 4.69) is 15.5 Å². The SMILES string of the molecule is COc1cccc(OCc2nnc(SCC(=O)Nc3ccc(C)c(C)c3)o2)c1. The monoisotopic (exact) mass is 399 g/mol. The molecule has 0 bridgehead atoms. The first-order chi connectivity index (χ1) is 13.5. The van der Waals surface area contributed by atoms with Crippen molar-refractivity contribution in [1.29, 1.82) is 0 Å². The zero-order valence-corrected chi connectivity index (χ0v) is 16.7. The summed E-state index contributed by atoms with van der Waals surface area (Å²) in [5.41, 5.74) is 3.08. The minimum absolute atomic E-state index is 0.134. The molecule has 0 fully saturated rings. The van der Waals surface area contributed by atoms with Crippen molar-refractivity contribution >= 4 is 23.4 Å². The minimum Gasteiger partial charge on any atom is -0.497 e. The number of nitrogens with zero attached hydrogens (tertiary/aromatic N) is 2. The fourth-order valence-electron chi connectivity index (χ4n) is 2.33. The molecule has 146 valence electrons. The van der Waals surface area contributed by atoms with Crippen LogP contribution < -0.4 is 14.8 Å². The zero-order chi connectivity index (χ0) is 19.9. The first-order valence-corrected chi connectivity index (χ1v) is 9.61. The Morgan fingerprint density at radius 1 is 1.11 bits per heavy atom. The maximum atomic E-state index is 12.1. The molecule has 8 heteroatoms. The van der Waals surface area contributed by atoms with E-state index in [1.165, 1.54) is 17.3 Å². The molecule has 3 rings (SSSR count). The highest BCUT2D eigenvalue weighted by Crippen LogP contribution is 2.21. The number of hydrogen-bond donors (Lipinski definition) is 1. The van der Waals surface area contributed by atoms with Crippen molar-refractivity contribution in [2.45, 2.75) is 25.7 Å². The standard InChI is InChI=1S/C20H21N3O4S/c1-13-7-8-15(9-14(13)2)21-18(24)12-28-20-23-22-19(27-20)11-26-17-6-4-5-16(10-17)25-3/h4-10H,11-12H2,1-3H3,(H,21,24). The van der Waals surface area contributed by atoms with Gasteiger partial charge in [-0.2, -0.15) is 0 Å². The molecule has 0 aliphatic heterocycles. The molecule has 0 unspecified atom stereocenters. The number of methoxy groups -OCH3 is 1. The van der Waals surface area contributed by atoms with Crippen molar-refractivity contribution < 1.29 is 18.7 Å². The molecular weight excluding hydrogens is 378 g/mol. The number of nitrogens with one attached hydrogen (secondary N) is 1. The lowest BCUT2D eigenvalue weighted by atomic mass is 10.1. The Balaban J connectivity index is 1.47. The molecule has 0 radical (unpaired) electrons. The number of thioether (sulfide) groups is 1. The summed E-state index contributed by atoms with van der Waals surface area (Å²) in [4.78, 5) is 12.1. The predicted octanol–water partition coefficient (Wildman–Crippen LogP) is 4.00. The van der Waals surface area contributed by atoms with Crippen LogP contribution in [0.25, 0.3) is 0 Å².